The van der Waals surface area contributed by atoms with Crippen LogP contribution in [0.5, 0.6) is 0 Å². The third-order valence-electron chi connectivity index (χ3n) is 5.00. The summed E-state index contributed by atoms with van der Waals surface area (Å²) in [5, 5.41) is 6.45. The Morgan fingerprint density at radius 2 is 2.14 bits per heavy atom. The first-order chi connectivity index (χ1) is 13.7. The molecule has 0 aliphatic carbocycles. The average Bonchev–Trinajstić information content (AvgIpc) is 3.37. The van der Waals surface area contributed by atoms with Gasteiger partial charge in [0.1, 0.15) is 6.10 Å². The van der Waals surface area contributed by atoms with Gasteiger partial charge in [-0.15, -0.1) is 0 Å². The van der Waals surface area contributed by atoms with Gasteiger partial charge in [-0.3, -0.25) is 10.1 Å². The molecule has 2 aliphatic rings. The summed E-state index contributed by atoms with van der Waals surface area (Å²) in [6.45, 7) is 2.41. The third-order valence-corrected chi connectivity index (χ3v) is 6.00. The first kappa shape index (κ1) is 18.9. The molecule has 1 aromatic carbocycles. The molecule has 3 heterocycles. The van der Waals surface area contributed by atoms with Gasteiger partial charge in [-0.25, -0.2) is 9.78 Å². The first-order valence-electron chi connectivity index (χ1n) is 9.67. The van der Waals surface area contributed by atoms with E-state index in [4.69, 9.17) is 4.74 Å². The molecule has 28 heavy (non-hydrogen) atoms. The maximum atomic E-state index is 12.5. The number of carbonyl (C=O) groups is 2. The van der Waals surface area contributed by atoms with Gasteiger partial charge in [0.05, 0.1) is 12.2 Å². The fourth-order valence-corrected chi connectivity index (χ4v) is 4.49. The van der Waals surface area contributed by atoms with Gasteiger partial charge >= 0.3 is 6.03 Å². The minimum Gasteiger partial charge on any atom is -0.368 e. The molecule has 3 amide bonds. The smallest absolute Gasteiger partial charge is 0.317 e. The number of urea groups is 1. The second-order valence-corrected chi connectivity index (χ2v) is 8.10. The Hall–Kier alpha value is -2.45. The summed E-state index contributed by atoms with van der Waals surface area (Å²) < 4.78 is 5.41. The van der Waals surface area contributed by atoms with Crippen LogP contribution in [0.4, 0.5) is 9.93 Å². The molecule has 0 saturated carbocycles. The van der Waals surface area contributed by atoms with Crippen LogP contribution in [0.3, 0.4) is 0 Å². The van der Waals surface area contributed by atoms with Gasteiger partial charge in [0, 0.05) is 31.0 Å². The molecule has 0 radical (unpaired) electrons. The number of hydrogen-bond acceptors (Lipinski definition) is 5. The second kappa shape index (κ2) is 8.70. The maximum absolute atomic E-state index is 12.5. The molecular weight excluding hydrogens is 376 g/mol. The monoisotopic (exact) mass is 400 g/mol. The zero-order chi connectivity index (χ0) is 19.3. The van der Waals surface area contributed by atoms with Crippen molar-refractivity contribution in [3.8, 4) is 0 Å². The molecule has 1 atom stereocenters. The summed E-state index contributed by atoms with van der Waals surface area (Å²) >= 11 is 1.44. The van der Waals surface area contributed by atoms with Crippen LogP contribution in [0.2, 0.25) is 0 Å². The SMILES string of the molecule is O=C(Nc1nc2c(s1)CN(C(=O)NCCc1ccccc1)CC2)C1CCCO1. The van der Waals surface area contributed by atoms with Crippen molar-refractivity contribution in [2.75, 3.05) is 25.0 Å². The van der Waals surface area contributed by atoms with Crippen molar-refractivity contribution in [2.24, 2.45) is 0 Å². The number of thiazole rings is 1. The van der Waals surface area contributed by atoms with Gasteiger partial charge < -0.3 is 15.0 Å². The Bertz CT molecular complexity index is 833. The summed E-state index contributed by atoms with van der Waals surface area (Å²) in [5.41, 5.74) is 2.18. The molecule has 2 N–H and O–H groups in total. The van der Waals surface area contributed by atoms with Crippen LogP contribution < -0.4 is 10.6 Å². The minimum absolute atomic E-state index is 0.0556. The van der Waals surface area contributed by atoms with E-state index in [9.17, 15) is 9.59 Å². The number of anilines is 1. The Kier molecular flexibility index (Phi) is 5.87. The highest BCUT2D eigenvalue weighted by atomic mass is 32.1. The van der Waals surface area contributed by atoms with E-state index in [1.807, 2.05) is 18.2 Å². The highest BCUT2D eigenvalue weighted by Crippen LogP contribution is 2.29. The summed E-state index contributed by atoms with van der Waals surface area (Å²) in [5.74, 6) is -0.126. The summed E-state index contributed by atoms with van der Waals surface area (Å²) in [6.07, 6.45) is 2.82. The first-order valence-corrected chi connectivity index (χ1v) is 10.5. The highest BCUT2D eigenvalue weighted by Gasteiger charge is 2.27. The van der Waals surface area contributed by atoms with Crippen molar-refractivity contribution in [2.45, 2.75) is 38.3 Å². The number of benzene rings is 1. The maximum Gasteiger partial charge on any atom is 0.317 e. The molecule has 2 aromatic rings. The zero-order valence-corrected chi connectivity index (χ0v) is 16.5. The minimum atomic E-state index is -0.368. The van der Waals surface area contributed by atoms with Gasteiger partial charge in [0.15, 0.2) is 5.13 Å². The molecule has 1 aromatic heterocycles. The van der Waals surface area contributed by atoms with Crippen molar-refractivity contribution in [1.82, 2.24) is 15.2 Å². The van der Waals surface area contributed by atoms with Crippen LogP contribution in [-0.4, -0.2) is 47.6 Å². The van der Waals surface area contributed by atoms with Crippen molar-refractivity contribution >= 4 is 28.4 Å². The Morgan fingerprint density at radius 1 is 1.29 bits per heavy atom. The Morgan fingerprint density at radius 3 is 2.93 bits per heavy atom. The number of aromatic nitrogens is 1. The van der Waals surface area contributed by atoms with Gasteiger partial charge in [-0.2, -0.15) is 0 Å². The van der Waals surface area contributed by atoms with Crippen LogP contribution in [0.1, 0.15) is 29.0 Å². The topological polar surface area (TPSA) is 83.6 Å². The molecule has 0 bridgehead atoms. The van der Waals surface area contributed by atoms with Gasteiger partial charge in [0.2, 0.25) is 0 Å². The molecule has 1 fully saturated rings. The largest absolute Gasteiger partial charge is 0.368 e. The molecular formula is C20H24N4O3S. The molecule has 8 heteroatoms. The van der Waals surface area contributed by atoms with Crippen molar-refractivity contribution in [3.05, 3.63) is 46.5 Å². The van der Waals surface area contributed by atoms with E-state index in [2.05, 4.69) is 27.8 Å². The van der Waals surface area contributed by atoms with E-state index >= 15 is 0 Å². The lowest BCUT2D eigenvalue weighted by Crippen LogP contribution is -2.43. The third kappa shape index (κ3) is 4.51. The predicted molar refractivity (Wildman–Crippen MR) is 107 cm³/mol. The van der Waals surface area contributed by atoms with Crippen molar-refractivity contribution in [1.29, 1.82) is 0 Å². The number of ether oxygens (including phenoxy) is 1. The number of hydrogen-bond donors (Lipinski definition) is 2. The standard InChI is InChI=1S/C20H24N4O3S/c25-18(16-7-4-12-27-16)23-19-22-15-9-11-24(13-17(15)28-19)20(26)21-10-8-14-5-2-1-3-6-14/h1-3,5-6,16H,4,7-13H2,(H,21,26)(H,22,23,25). The van der Waals surface area contributed by atoms with Crippen molar-refractivity contribution in [3.63, 3.8) is 0 Å². The van der Waals surface area contributed by atoms with E-state index in [1.54, 1.807) is 4.90 Å². The average molecular weight is 401 g/mol. The lowest BCUT2D eigenvalue weighted by molar-refractivity contribution is -0.124. The summed E-state index contributed by atoms with van der Waals surface area (Å²) in [6, 6.07) is 10.1. The number of fused-ring (bicyclic) bond motifs is 1. The number of amides is 3. The van der Waals surface area contributed by atoms with E-state index in [0.29, 0.717) is 37.8 Å². The van der Waals surface area contributed by atoms with Gasteiger partial charge in [0.25, 0.3) is 5.91 Å². The second-order valence-electron chi connectivity index (χ2n) is 7.02. The molecule has 148 valence electrons. The molecule has 4 rings (SSSR count). The lowest BCUT2D eigenvalue weighted by Gasteiger charge is -2.26. The predicted octanol–water partition coefficient (Wildman–Crippen LogP) is 2.57. The number of nitrogens with zero attached hydrogens (tertiary/aromatic N) is 2. The number of nitrogens with one attached hydrogen (secondary N) is 2. The van der Waals surface area contributed by atoms with E-state index in [0.717, 1.165) is 29.8 Å². The lowest BCUT2D eigenvalue weighted by atomic mass is 10.1. The molecule has 7 nitrogen and oxygen atoms in total. The normalized spacial score (nSPS) is 18.6. The number of carbonyl (C=O) groups excluding carboxylic acids is 2. The van der Waals surface area contributed by atoms with Crippen LogP contribution in [0.15, 0.2) is 30.3 Å². The van der Waals surface area contributed by atoms with Gasteiger partial charge in [-0.05, 0) is 24.8 Å². The molecule has 1 saturated heterocycles. The summed E-state index contributed by atoms with van der Waals surface area (Å²) in [4.78, 5) is 32.0. The molecule has 1 unspecified atom stereocenters. The van der Waals surface area contributed by atoms with Gasteiger partial charge in [-0.1, -0.05) is 41.7 Å². The Balaban J connectivity index is 1.28. The van der Waals surface area contributed by atoms with E-state index < -0.39 is 0 Å². The van der Waals surface area contributed by atoms with Crippen LogP contribution in [0, 0.1) is 0 Å². The summed E-state index contributed by atoms with van der Waals surface area (Å²) in [7, 11) is 0. The fourth-order valence-electron chi connectivity index (χ4n) is 3.46. The molecule has 2 aliphatic heterocycles. The zero-order valence-electron chi connectivity index (χ0n) is 15.6. The van der Waals surface area contributed by atoms with E-state index in [1.165, 1.54) is 16.9 Å². The van der Waals surface area contributed by atoms with Crippen LogP contribution >= 0.6 is 11.3 Å². The fraction of sp³-hybridized carbons (Fsp3) is 0.450. The highest BCUT2D eigenvalue weighted by molar-refractivity contribution is 7.15. The Labute approximate surface area is 168 Å². The van der Waals surface area contributed by atoms with Crippen LogP contribution in [0.25, 0.3) is 0 Å². The quantitative estimate of drug-likeness (QED) is 0.808. The van der Waals surface area contributed by atoms with Crippen molar-refractivity contribution < 1.29 is 14.3 Å². The van der Waals surface area contributed by atoms with E-state index in [-0.39, 0.29) is 18.0 Å². The van der Waals surface area contributed by atoms with Crippen LogP contribution in [-0.2, 0) is 28.9 Å². The number of rotatable bonds is 5. The molecule has 0 spiro atoms.